The Labute approximate surface area is 147 Å². The van der Waals surface area contributed by atoms with Gasteiger partial charge in [-0.2, -0.15) is 0 Å². The zero-order chi connectivity index (χ0) is 17.6. The molecule has 0 aliphatic rings. The molecule has 25 heavy (non-hydrogen) atoms. The zero-order valence-electron chi connectivity index (χ0n) is 14.3. The van der Waals surface area contributed by atoms with Crippen LogP contribution < -0.4 is 10.1 Å². The molecule has 0 spiro atoms. The zero-order valence-corrected chi connectivity index (χ0v) is 14.3. The average molecular weight is 332 g/mol. The molecule has 0 aliphatic carbocycles. The van der Waals surface area contributed by atoms with E-state index in [0.717, 1.165) is 5.56 Å². The standard InChI is InChI=1S/C21H20N2O2/c1-15-8-10-16(11-9-15)14-25-18-6-3-5-17(13-18)20(24)19-7-4-12-23-21(19)22-2/h3-13H,14H2,1-2H3,(H,22,23). The van der Waals surface area contributed by atoms with Crippen LogP contribution in [0, 0.1) is 6.92 Å². The highest BCUT2D eigenvalue weighted by Gasteiger charge is 2.14. The highest BCUT2D eigenvalue weighted by atomic mass is 16.5. The van der Waals surface area contributed by atoms with E-state index in [1.165, 1.54) is 5.56 Å². The van der Waals surface area contributed by atoms with Crippen LogP contribution in [0.5, 0.6) is 5.75 Å². The minimum absolute atomic E-state index is 0.0850. The summed E-state index contributed by atoms with van der Waals surface area (Å²) in [6.45, 7) is 2.52. The van der Waals surface area contributed by atoms with E-state index in [9.17, 15) is 4.79 Å². The Morgan fingerprint density at radius 3 is 2.64 bits per heavy atom. The van der Waals surface area contributed by atoms with E-state index in [4.69, 9.17) is 4.74 Å². The first-order valence-electron chi connectivity index (χ1n) is 8.13. The molecule has 0 saturated heterocycles. The first-order valence-corrected chi connectivity index (χ1v) is 8.13. The van der Waals surface area contributed by atoms with Gasteiger partial charge in [0.25, 0.3) is 0 Å². The summed E-state index contributed by atoms with van der Waals surface area (Å²) in [6.07, 6.45) is 1.66. The second-order valence-corrected chi connectivity index (χ2v) is 5.78. The SMILES string of the molecule is CNc1ncccc1C(=O)c1cccc(OCc2ccc(C)cc2)c1. The van der Waals surface area contributed by atoms with E-state index in [1.807, 2.05) is 24.3 Å². The van der Waals surface area contributed by atoms with Gasteiger partial charge in [-0.15, -0.1) is 0 Å². The second kappa shape index (κ2) is 7.62. The van der Waals surface area contributed by atoms with E-state index in [1.54, 1.807) is 37.5 Å². The third-order valence-corrected chi connectivity index (χ3v) is 3.91. The van der Waals surface area contributed by atoms with E-state index in [-0.39, 0.29) is 5.78 Å². The number of pyridine rings is 1. The molecule has 4 nitrogen and oxygen atoms in total. The molecule has 4 heteroatoms. The summed E-state index contributed by atoms with van der Waals surface area (Å²) in [5, 5.41) is 2.95. The highest BCUT2D eigenvalue weighted by Crippen LogP contribution is 2.21. The van der Waals surface area contributed by atoms with Crippen molar-refractivity contribution in [1.29, 1.82) is 0 Å². The van der Waals surface area contributed by atoms with Crippen LogP contribution in [0.15, 0.2) is 66.9 Å². The van der Waals surface area contributed by atoms with Gasteiger partial charge in [0.05, 0.1) is 5.56 Å². The molecule has 0 unspecified atom stereocenters. The predicted molar refractivity (Wildman–Crippen MR) is 99.2 cm³/mol. The number of carbonyl (C=O) groups excluding carboxylic acids is 1. The van der Waals surface area contributed by atoms with Gasteiger partial charge in [-0.05, 0) is 36.8 Å². The molecule has 2 aromatic carbocycles. The number of hydrogen-bond donors (Lipinski definition) is 1. The van der Waals surface area contributed by atoms with Gasteiger partial charge in [0.15, 0.2) is 5.78 Å². The Morgan fingerprint density at radius 2 is 1.88 bits per heavy atom. The van der Waals surface area contributed by atoms with Crippen LogP contribution in [0.4, 0.5) is 5.82 Å². The van der Waals surface area contributed by atoms with Gasteiger partial charge in [0, 0.05) is 18.8 Å². The van der Waals surface area contributed by atoms with Gasteiger partial charge in [0.2, 0.25) is 0 Å². The predicted octanol–water partition coefficient (Wildman–Crippen LogP) is 4.24. The summed E-state index contributed by atoms with van der Waals surface area (Å²) < 4.78 is 5.83. The molecule has 0 saturated carbocycles. The van der Waals surface area contributed by atoms with Crippen molar-refractivity contribution in [2.24, 2.45) is 0 Å². The first-order chi connectivity index (χ1) is 12.2. The van der Waals surface area contributed by atoms with Crippen molar-refractivity contribution in [2.75, 3.05) is 12.4 Å². The molecule has 1 N–H and O–H groups in total. The average Bonchev–Trinajstić information content (AvgIpc) is 2.67. The van der Waals surface area contributed by atoms with Crippen LogP contribution in [0.2, 0.25) is 0 Å². The summed E-state index contributed by atoms with van der Waals surface area (Å²) >= 11 is 0. The number of aromatic nitrogens is 1. The molecule has 0 amide bonds. The number of carbonyl (C=O) groups is 1. The van der Waals surface area contributed by atoms with Crippen LogP contribution in [0.3, 0.4) is 0 Å². The van der Waals surface area contributed by atoms with Crippen molar-refractivity contribution < 1.29 is 9.53 Å². The van der Waals surface area contributed by atoms with Gasteiger partial charge in [-0.25, -0.2) is 4.98 Å². The Hall–Kier alpha value is -3.14. The first kappa shape index (κ1) is 16.7. The number of nitrogens with zero attached hydrogens (tertiary/aromatic N) is 1. The summed E-state index contributed by atoms with van der Waals surface area (Å²) in [6, 6.07) is 18.9. The van der Waals surface area contributed by atoms with Crippen molar-refractivity contribution in [1.82, 2.24) is 4.98 Å². The Kier molecular flexibility index (Phi) is 5.09. The lowest BCUT2D eigenvalue weighted by Gasteiger charge is -2.10. The maximum Gasteiger partial charge on any atom is 0.196 e. The number of nitrogens with one attached hydrogen (secondary N) is 1. The molecular formula is C21H20N2O2. The fourth-order valence-electron chi connectivity index (χ4n) is 2.52. The number of benzene rings is 2. The fraction of sp³-hybridized carbons (Fsp3) is 0.143. The molecule has 0 bridgehead atoms. The summed E-state index contributed by atoms with van der Waals surface area (Å²) in [5.74, 6) is 1.15. The lowest BCUT2D eigenvalue weighted by atomic mass is 10.0. The maximum atomic E-state index is 12.8. The molecule has 0 fully saturated rings. The molecule has 3 aromatic rings. The fourth-order valence-corrected chi connectivity index (χ4v) is 2.52. The van der Waals surface area contributed by atoms with Crippen LogP contribution in [0.25, 0.3) is 0 Å². The molecule has 1 heterocycles. The third-order valence-electron chi connectivity index (χ3n) is 3.91. The number of ether oxygens (including phenoxy) is 1. The summed E-state index contributed by atoms with van der Waals surface area (Å²) in [5.41, 5.74) is 3.42. The minimum atomic E-state index is -0.0850. The monoisotopic (exact) mass is 332 g/mol. The number of hydrogen-bond acceptors (Lipinski definition) is 4. The van der Waals surface area contributed by atoms with Crippen molar-refractivity contribution in [3.63, 3.8) is 0 Å². The number of ketones is 1. The van der Waals surface area contributed by atoms with Crippen LogP contribution in [-0.4, -0.2) is 17.8 Å². The van der Waals surface area contributed by atoms with Crippen LogP contribution >= 0.6 is 0 Å². The topological polar surface area (TPSA) is 51.2 Å². The van der Waals surface area contributed by atoms with Gasteiger partial charge in [-0.3, -0.25) is 4.79 Å². The quantitative estimate of drug-likeness (QED) is 0.686. The lowest BCUT2D eigenvalue weighted by molar-refractivity contribution is 0.103. The van der Waals surface area contributed by atoms with Gasteiger partial charge < -0.3 is 10.1 Å². The Morgan fingerprint density at radius 1 is 1.08 bits per heavy atom. The van der Waals surface area contributed by atoms with E-state index in [2.05, 4.69) is 29.4 Å². The van der Waals surface area contributed by atoms with E-state index >= 15 is 0 Å². The number of aryl methyl sites for hydroxylation is 1. The summed E-state index contributed by atoms with van der Waals surface area (Å²) in [4.78, 5) is 16.9. The molecular weight excluding hydrogens is 312 g/mol. The van der Waals surface area contributed by atoms with E-state index in [0.29, 0.717) is 29.3 Å². The Balaban J connectivity index is 1.76. The summed E-state index contributed by atoms with van der Waals surface area (Å²) in [7, 11) is 1.75. The number of anilines is 1. The van der Waals surface area contributed by atoms with Crippen LogP contribution in [0.1, 0.15) is 27.0 Å². The number of rotatable bonds is 6. The molecule has 0 radical (unpaired) electrons. The third kappa shape index (κ3) is 4.04. The van der Waals surface area contributed by atoms with Gasteiger partial charge in [-0.1, -0.05) is 42.0 Å². The molecule has 0 aliphatic heterocycles. The molecule has 1 aromatic heterocycles. The second-order valence-electron chi connectivity index (χ2n) is 5.78. The minimum Gasteiger partial charge on any atom is -0.489 e. The Bertz CT molecular complexity index is 873. The van der Waals surface area contributed by atoms with Crippen molar-refractivity contribution >= 4 is 11.6 Å². The molecule has 0 atom stereocenters. The highest BCUT2D eigenvalue weighted by molar-refractivity contribution is 6.11. The largest absolute Gasteiger partial charge is 0.489 e. The maximum absolute atomic E-state index is 12.8. The van der Waals surface area contributed by atoms with E-state index < -0.39 is 0 Å². The van der Waals surface area contributed by atoms with Crippen LogP contribution in [-0.2, 0) is 6.61 Å². The molecule has 126 valence electrons. The molecule has 3 rings (SSSR count). The lowest BCUT2D eigenvalue weighted by Crippen LogP contribution is -2.07. The normalized spacial score (nSPS) is 10.3. The van der Waals surface area contributed by atoms with Gasteiger partial charge in [0.1, 0.15) is 18.2 Å². The smallest absolute Gasteiger partial charge is 0.196 e. The van der Waals surface area contributed by atoms with Crippen molar-refractivity contribution in [3.8, 4) is 5.75 Å². The van der Waals surface area contributed by atoms with Gasteiger partial charge >= 0.3 is 0 Å². The van der Waals surface area contributed by atoms with Crippen molar-refractivity contribution in [3.05, 3.63) is 89.1 Å². The van der Waals surface area contributed by atoms with Crippen molar-refractivity contribution in [2.45, 2.75) is 13.5 Å².